The zero-order valence-electron chi connectivity index (χ0n) is 12.3. The van der Waals surface area contributed by atoms with Gasteiger partial charge >= 0.3 is 5.97 Å². The molecule has 1 aromatic heterocycles. The average Bonchev–Trinajstić information content (AvgIpc) is 2.88. The van der Waals surface area contributed by atoms with Gasteiger partial charge in [-0.1, -0.05) is 6.42 Å². The zero-order valence-corrected chi connectivity index (χ0v) is 13.1. The number of hydrogen-bond donors (Lipinski definition) is 0. The van der Waals surface area contributed by atoms with Gasteiger partial charge in [0.1, 0.15) is 17.2 Å². The Bertz CT molecular complexity index is 427. The van der Waals surface area contributed by atoms with Crippen molar-refractivity contribution in [1.82, 2.24) is 4.98 Å². The number of ether oxygens (including phenoxy) is 2. The smallest absolute Gasteiger partial charge is 0.312 e. The van der Waals surface area contributed by atoms with Gasteiger partial charge < -0.3 is 9.47 Å². The topological polar surface area (TPSA) is 48.4 Å². The Morgan fingerprint density at radius 3 is 2.90 bits per heavy atom. The summed E-state index contributed by atoms with van der Waals surface area (Å²) in [5.41, 5.74) is 0.789. The Hall–Kier alpha value is -0.940. The normalized spacial score (nSPS) is 17.9. The van der Waals surface area contributed by atoms with E-state index >= 15 is 0 Å². The van der Waals surface area contributed by atoms with Crippen molar-refractivity contribution >= 4 is 17.3 Å². The van der Waals surface area contributed by atoms with Crippen LogP contribution in [-0.2, 0) is 20.7 Å². The minimum atomic E-state index is -0.155. The first-order valence-electron chi connectivity index (χ1n) is 7.44. The standard InChI is InChI=1S/C15H23NO3S/c1-3-18-11(2)15-16-12(10-20-15)9-14(17)19-13-7-5-4-6-8-13/h10-11,13H,3-9H2,1-2H3. The number of aromatic nitrogens is 1. The first-order chi connectivity index (χ1) is 9.69. The lowest BCUT2D eigenvalue weighted by atomic mass is 9.98. The summed E-state index contributed by atoms with van der Waals surface area (Å²) >= 11 is 1.54. The molecule has 1 heterocycles. The highest BCUT2D eigenvalue weighted by atomic mass is 32.1. The molecule has 112 valence electrons. The Balaban J connectivity index is 1.81. The number of hydrogen-bond acceptors (Lipinski definition) is 5. The van der Waals surface area contributed by atoms with Crippen molar-refractivity contribution in [2.24, 2.45) is 0 Å². The largest absolute Gasteiger partial charge is 0.462 e. The van der Waals surface area contributed by atoms with E-state index in [0.717, 1.165) is 23.5 Å². The molecule has 2 rings (SSSR count). The highest BCUT2D eigenvalue weighted by Gasteiger charge is 2.19. The molecule has 1 saturated carbocycles. The van der Waals surface area contributed by atoms with Gasteiger partial charge in [0, 0.05) is 12.0 Å². The molecule has 4 nitrogen and oxygen atoms in total. The second-order valence-electron chi connectivity index (χ2n) is 5.20. The SMILES string of the molecule is CCOC(C)c1nc(CC(=O)OC2CCCCC2)cs1. The molecule has 5 heteroatoms. The van der Waals surface area contributed by atoms with E-state index in [1.165, 1.54) is 19.3 Å². The molecule has 0 aromatic carbocycles. The molecule has 1 aromatic rings. The van der Waals surface area contributed by atoms with Crippen LogP contribution in [0, 0.1) is 0 Å². The molecule has 0 amide bonds. The van der Waals surface area contributed by atoms with E-state index in [9.17, 15) is 4.79 Å². The van der Waals surface area contributed by atoms with E-state index < -0.39 is 0 Å². The van der Waals surface area contributed by atoms with Gasteiger partial charge in [0.2, 0.25) is 0 Å². The summed E-state index contributed by atoms with van der Waals surface area (Å²) in [6.45, 7) is 4.61. The third-order valence-electron chi connectivity index (χ3n) is 3.51. The van der Waals surface area contributed by atoms with Gasteiger partial charge in [-0.2, -0.15) is 0 Å². The number of carbonyl (C=O) groups excluding carboxylic acids is 1. The summed E-state index contributed by atoms with van der Waals surface area (Å²) in [4.78, 5) is 16.4. The van der Waals surface area contributed by atoms with Crippen molar-refractivity contribution in [3.05, 3.63) is 16.1 Å². The lowest BCUT2D eigenvalue weighted by Gasteiger charge is -2.21. The second kappa shape index (κ2) is 7.74. The van der Waals surface area contributed by atoms with Crippen LogP contribution in [0.5, 0.6) is 0 Å². The van der Waals surface area contributed by atoms with Crippen molar-refractivity contribution in [1.29, 1.82) is 0 Å². The molecule has 1 fully saturated rings. The number of rotatable bonds is 6. The summed E-state index contributed by atoms with van der Waals surface area (Å²) in [7, 11) is 0. The fraction of sp³-hybridized carbons (Fsp3) is 0.733. The van der Waals surface area contributed by atoms with Gasteiger partial charge in [-0.25, -0.2) is 4.98 Å². The van der Waals surface area contributed by atoms with Gasteiger partial charge in [-0.05, 0) is 39.5 Å². The van der Waals surface area contributed by atoms with E-state index in [2.05, 4.69) is 4.98 Å². The lowest BCUT2D eigenvalue weighted by molar-refractivity contribution is -0.149. The van der Waals surface area contributed by atoms with E-state index in [1.54, 1.807) is 11.3 Å². The molecule has 0 saturated heterocycles. The number of nitrogens with zero attached hydrogens (tertiary/aromatic N) is 1. The average molecular weight is 297 g/mol. The maximum absolute atomic E-state index is 11.9. The van der Waals surface area contributed by atoms with Crippen molar-refractivity contribution in [2.45, 2.75) is 64.6 Å². The molecule has 0 aliphatic heterocycles. The molecule has 0 radical (unpaired) electrons. The van der Waals surface area contributed by atoms with Crippen molar-refractivity contribution < 1.29 is 14.3 Å². The first-order valence-corrected chi connectivity index (χ1v) is 8.32. The van der Waals surface area contributed by atoms with Crippen LogP contribution in [0.2, 0.25) is 0 Å². The third kappa shape index (κ3) is 4.56. The van der Waals surface area contributed by atoms with Gasteiger partial charge in [0.15, 0.2) is 0 Å². The monoisotopic (exact) mass is 297 g/mol. The summed E-state index contributed by atoms with van der Waals surface area (Å²) in [6.07, 6.45) is 6.01. The Morgan fingerprint density at radius 1 is 1.45 bits per heavy atom. The van der Waals surface area contributed by atoms with E-state index in [4.69, 9.17) is 9.47 Å². The minimum absolute atomic E-state index is 0.00638. The Labute approximate surface area is 124 Å². The van der Waals surface area contributed by atoms with Crippen LogP contribution in [-0.4, -0.2) is 23.7 Å². The molecule has 1 atom stereocenters. The molecule has 0 bridgehead atoms. The zero-order chi connectivity index (χ0) is 14.4. The van der Waals surface area contributed by atoms with Gasteiger partial charge in [0.05, 0.1) is 12.1 Å². The Morgan fingerprint density at radius 2 is 2.20 bits per heavy atom. The van der Waals surface area contributed by atoms with Crippen molar-refractivity contribution in [3.8, 4) is 0 Å². The van der Waals surface area contributed by atoms with E-state index in [-0.39, 0.29) is 24.6 Å². The van der Waals surface area contributed by atoms with Crippen molar-refractivity contribution in [3.63, 3.8) is 0 Å². The maximum Gasteiger partial charge on any atom is 0.312 e. The second-order valence-corrected chi connectivity index (χ2v) is 6.09. The highest BCUT2D eigenvalue weighted by molar-refractivity contribution is 7.09. The highest BCUT2D eigenvalue weighted by Crippen LogP contribution is 2.23. The molecular formula is C15H23NO3S. The molecule has 1 aliphatic rings. The van der Waals surface area contributed by atoms with Crippen LogP contribution < -0.4 is 0 Å². The first kappa shape index (κ1) is 15.4. The lowest BCUT2D eigenvalue weighted by Crippen LogP contribution is -2.22. The van der Waals surface area contributed by atoms with Crippen LogP contribution in [0.15, 0.2) is 5.38 Å². The summed E-state index contributed by atoms with van der Waals surface area (Å²) in [6, 6.07) is 0. The molecule has 20 heavy (non-hydrogen) atoms. The molecule has 1 aliphatic carbocycles. The number of carbonyl (C=O) groups is 1. The van der Waals surface area contributed by atoms with Gasteiger partial charge in [0.25, 0.3) is 0 Å². The van der Waals surface area contributed by atoms with Gasteiger partial charge in [-0.3, -0.25) is 4.79 Å². The third-order valence-corrected chi connectivity index (χ3v) is 4.56. The summed E-state index contributed by atoms with van der Waals surface area (Å²) in [5, 5.41) is 2.85. The molecular weight excluding hydrogens is 274 g/mol. The van der Waals surface area contributed by atoms with Crippen LogP contribution in [0.3, 0.4) is 0 Å². The fourth-order valence-electron chi connectivity index (χ4n) is 2.47. The predicted molar refractivity (Wildman–Crippen MR) is 78.8 cm³/mol. The summed E-state index contributed by atoms with van der Waals surface area (Å²) in [5.74, 6) is -0.155. The minimum Gasteiger partial charge on any atom is -0.462 e. The Kier molecular flexibility index (Phi) is 5.98. The van der Waals surface area contributed by atoms with E-state index in [0.29, 0.717) is 6.61 Å². The van der Waals surface area contributed by atoms with Crippen LogP contribution in [0.25, 0.3) is 0 Å². The van der Waals surface area contributed by atoms with Crippen LogP contribution >= 0.6 is 11.3 Å². The maximum atomic E-state index is 11.9. The molecule has 0 spiro atoms. The quantitative estimate of drug-likeness (QED) is 0.752. The van der Waals surface area contributed by atoms with Crippen LogP contribution in [0.4, 0.5) is 0 Å². The van der Waals surface area contributed by atoms with Crippen molar-refractivity contribution in [2.75, 3.05) is 6.61 Å². The van der Waals surface area contributed by atoms with Crippen LogP contribution in [0.1, 0.15) is 62.8 Å². The fourth-order valence-corrected chi connectivity index (χ4v) is 3.29. The number of thiazole rings is 1. The predicted octanol–water partition coefficient (Wildman–Crippen LogP) is 3.66. The van der Waals surface area contributed by atoms with Gasteiger partial charge in [-0.15, -0.1) is 11.3 Å². The summed E-state index contributed by atoms with van der Waals surface area (Å²) < 4.78 is 11.0. The molecule has 0 N–H and O–H groups in total. The molecule has 1 unspecified atom stereocenters. The van der Waals surface area contributed by atoms with E-state index in [1.807, 2.05) is 19.2 Å². The number of esters is 1.